The maximum absolute atomic E-state index is 12.8. The van der Waals surface area contributed by atoms with Crippen LogP contribution >= 0.6 is 0 Å². The van der Waals surface area contributed by atoms with E-state index < -0.39 is 17.2 Å². The molecule has 2 heterocycles. The van der Waals surface area contributed by atoms with Gasteiger partial charge < -0.3 is 19.8 Å². The van der Waals surface area contributed by atoms with Crippen molar-refractivity contribution in [2.45, 2.75) is 65.1 Å². The summed E-state index contributed by atoms with van der Waals surface area (Å²) < 4.78 is 7.04. The van der Waals surface area contributed by atoms with Gasteiger partial charge in [-0.2, -0.15) is 5.10 Å². The van der Waals surface area contributed by atoms with Crippen molar-refractivity contribution < 1.29 is 24.5 Å². The van der Waals surface area contributed by atoms with E-state index in [1.165, 1.54) is 12.0 Å². The molecule has 176 valence electrons. The minimum absolute atomic E-state index is 0.0268. The summed E-state index contributed by atoms with van der Waals surface area (Å²) >= 11 is 0. The van der Waals surface area contributed by atoms with Crippen molar-refractivity contribution in [3.05, 3.63) is 18.3 Å². The Hall–Kier alpha value is -2.81. The number of aliphatic hydroxyl groups is 1. The Bertz CT molecular complexity index is 994. The zero-order valence-corrected chi connectivity index (χ0v) is 19.8. The first kappa shape index (κ1) is 23.8. The summed E-state index contributed by atoms with van der Waals surface area (Å²) in [6, 6.07) is 3.43. The van der Waals surface area contributed by atoms with Gasteiger partial charge in [0.15, 0.2) is 0 Å². The lowest BCUT2D eigenvalue weighted by Gasteiger charge is -2.37. The van der Waals surface area contributed by atoms with Crippen molar-refractivity contribution in [3.63, 3.8) is 0 Å². The first-order valence-electron chi connectivity index (χ1n) is 10.9. The van der Waals surface area contributed by atoms with E-state index in [0.717, 1.165) is 18.2 Å². The number of carbonyl (C=O) groups excluding carboxylic acids is 1. The monoisotopic (exact) mass is 446 g/mol. The number of carboxylic acid groups (broad SMARTS) is 1. The molecule has 2 aromatic rings. The Morgan fingerprint density at radius 3 is 2.31 bits per heavy atom. The summed E-state index contributed by atoms with van der Waals surface area (Å²) in [6.45, 7) is 10.4. The highest BCUT2D eigenvalue weighted by Gasteiger charge is 2.33. The molecule has 1 aliphatic rings. The fourth-order valence-corrected chi connectivity index (χ4v) is 4.34. The van der Waals surface area contributed by atoms with E-state index in [1.54, 1.807) is 23.0 Å². The summed E-state index contributed by atoms with van der Waals surface area (Å²) in [5, 5.41) is 25.2. The maximum Gasteiger partial charge on any atom is 0.412 e. The van der Waals surface area contributed by atoms with E-state index in [-0.39, 0.29) is 18.4 Å². The van der Waals surface area contributed by atoms with Gasteiger partial charge in [-0.3, -0.25) is 14.4 Å². The molecule has 0 bridgehead atoms. The number of amides is 2. The third-order valence-electron chi connectivity index (χ3n) is 6.10. The van der Waals surface area contributed by atoms with Crippen LogP contribution in [0.5, 0.6) is 5.75 Å². The molecule has 2 amide bonds. The van der Waals surface area contributed by atoms with Gasteiger partial charge in [0.2, 0.25) is 5.91 Å². The number of benzene rings is 1. The van der Waals surface area contributed by atoms with Crippen LogP contribution < -0.4 is 9.64 Å². The Labute approximate surface area is 188 Å². The van der Waals surface area contributed by atoms with Gasteiger partial charge in [0.1, 0.15) is 12.3 Å². The van der Waals surface area contributed by atoms with E-state index in [0.29, 0.717) is 30.0 Å². The lowest BCUT2D eigenvalue weighted by Crippen LogP contribution is -2.45. The Balaban J connectivity index is 1.81. The van der Waals surface area contributed by atoms with Crippen LogP contribution in [0.4, 0.5) is 10.5 Å². The first-order valence-corrected chi connectivity index (χ1v) is 10.9. The second kappa shape index (κ2) is 8.61. The smallest absolute Gasteiger partial charge is 0.412 e. The molecular formula is C23H34N4O5. The fourth-order valence-electron chi connectivity index (χ4n) is 4.34. The number of rotatable bonds is 5. The second-order valence-electron chi connectivity index (χ2n) is 10.0. The number of likely N-dealkylation sites (tertiary alicyclic amines) is 1. The molecule has 9 heteroatoms. The molecule has 9 nitrogen and oxygen atoms in total. The Morgan fingerprint density at radius 1 is 1.19 bits per heavy atom. The van der Waals surface area contributed by atoms with Gasteiger partial charge in [0.25, 0.3) is 0 Å². The maximum atomic E-state index is 12.8. The molecule has 3 rings (SSSR count). The summed E-state index contributed by atoms with van der Waals surface area (Å²) in [7, 11) is 1.49. The molecule has 1 saturated heterocycles. The summed E-state index contributed by atoms with van der Waals surface area (Å²) in [5.74, 6) is 0.561. The van der Waals surface area contributed by atoms with Crippen LogP contribution in [0.25, 0.3) is 10.9 Å². The van der Waals surface area contributed by atoms with Crippen molar-refractivity contribution in [1.82, 2.24) is 14.7 Å². The molecule has 1 aliphatic heterocycles. The third-order valence-corrected chi connectivity index (χ3v) is 6.10. The van der Waals surface area contributed by atoms with Gasteiger partial charge in [-0.25, -0.2) is 4.79 Å². The summed E-state index contributed by atoms with van der Waals surface area (Å²) in [6.07, 6.45) is 2.22. The van der Waals surface area contributed by atoms with Gasteiger partial charge in [0.05, 0.1) is 23.9 Å². The molecule has 0 atom stereocenters. The number of carbonyl (C=O) groups is 2. The molecular weight excluding hydrogens is 412 g/mol. The lowest BCUT2D eigenvalue weighted by molar-refractivity contribution is -0.134. The predicted octanol–water partition coefficient (Wildman–Crippen LogP) is 3.34. The predicted molar refractivity (Wildman–Crippen MR) is 122 cm³/mol. The molecule has 1 fully saturated rings. The summed E-state index contributed by atoms with van der Waals surface area (Å²) in [4.78, 5) is 27.8. The average molecular weight is 447 g/mol. The lowest BCUT2D eigenvalue weighted by atomic mass is 9.83. The Morgan fingerprint density at radius 2 is 1.81 bits per heavy atom. The molecule has 0 unspecified atom stereocenters. The largest absolute Gasteiger partial charge is 0.494 e. The van der Waals surface area contributed by atoms with Gasteiger partial charge >= 0.3 is 6.09 Å². The standard InChI is InChI=1S/C23H34N4O5/c1-22(2,3)27(21(29)30)18-11-15-13-26(24-17(15)12-19(18)32-6)14-20(28)25-9-7-16(8-10-25)23(4,5)31/h11-13,16,31H,7-10,14H2,1-6H3,(H,29,30). The van der Waals surface area contributed by atoms with Crippen molar-refractivity contribution in [2.24, 2.45) is 5.92 Å². The molecule has 1 aromatic heterocycles. The highest BCUT2D eigenvalue weighted by Crippen LogP contribution is 2.36. The number of nitrogens with zero attached hydrogens (tertiary/aromatic N) is 4. The number of hydrogen-bond donors (Lipinski definition) is 2. The fraction of sp³-hybridized carbons (Fsp3) is 0.609. The van der Waals surface area contributed by atoms with Crippen LogP contribution in [-0.2, 0) is 11.3 Å². The normalized spacial score (nSPS) is 15.8. The van der Waals surface area contributed by atoms with E-state index >= 15 is 0 Å². The van der Waals surface area contributed by atoms with Gasteiger partial charge in [-0.1, -0.05) is 0 Å². The third kappa shape index (κ3) is 4.98. The van der Waals surface area contributed by atoms with E-state index in [4.69, 9.17) is 4.74 Å². The van der Waals surface area contributed by atoms with E-state index in [2.05, 4.69) is 5.10 Å². The zero-order chi connectivity index (χ0) is 23.8. The van der Waals surface area contributed by atoms with Crippen molar-refractivity contribution in [1.29, 1.82) is 0 Å². The zero-order valence-electron chi connectivity index (χ0n) is 19.8. The van der Waals surface area contributed by atoms with Crippen LogP contribution in [-0.4, -0.2) is 68.2 Å². The number of hydrogen-bond acceptors (Lipinski definition) is 5. The molecule has 0 saturated carbocycles. The van der Waals surface area contributed by atoms with Crippen molar-refractivity contribution in [3.8, 4) is 5.75 Å². The number of aromatic nitrogens is 2. The topological polar surface area (TPSA) is 108 Å². The number of ether oxygens (including phenoxy) is 1. The van der Waals surface area contributed by atoms with E-state index in [9.17, 15) is 19.8 Å². The van der Waals surface area contributed by atoms with E-state index in [1.807, 2.05) is 39.5 Å². The van der Waals surface area contributed by atoms with Crippen molar-refractivity contribution >= 4 is 28.6 Å². The van der Waals surface area contributed by atoms with Crippen LogP contribution in [0.15, 0.2) is 18.3 Å². The molecule has 0 spiro atoms. The quantitative estimate of drug-likeness (QED) is 0.729. The minimum Gasteiger partial charge on any atom is -0.494 e. The number of anilines is 1. The molecule has 1 aromatic carbocycles. The molecule has 0 aliphatic carbocycles. The molecule has 32 heavy (non-hydrogen) atoms. The SMILES string of the molecule is COc1cc2nn(CC(=O)N3CCC(C(C)(C)O)CC3)cc2cc1N(C(=O)O)C(C)(C)C. The van der Waals surface area contributed by atoms with Crippen LogP contribution in [0.1, 0.15) is 47.5 Å². The molecule has 2 N–H and O–H groups in total. The number of piperidine rings is 1. The second-order valence-corrected chi connectivity index (χ2v) is 10.0. The highest BCUT2D eigenvalue weighted by atomic mass is 16.5. The minimum atomic E-state index is -1.08. The van der Waals surface area contributed by atoms with Crippen molar-refractivity contribution in [2.75, 3.05) is 25.1 Å². The summed E-state index contributed by atoms with van der Waals surface area (Å²) in [5.41, 5.74) is -0.353. The van der Waals surface area contributed by atoms with Gasteiger partial charge in [-0.05, 0) is 59.4 Å². The number of methoxy groups -OCH3 is 1. The van der Waals surface area contributed by atoms with Gasteiger partial charge in [0, 0.05) is 36.3 Å². The highest BCUT2D eigenvalue weighted by molar-refractivity contribution is 5.95. The Kier molecular flexibility index (Phi) is 6.42. The molecule has 0 radical (unpaired) electrons. The van der Waals surface area contributed by atoms with Crippen LogP contribution in [0.3, 0.4) is 0 Å². The first-order chi connectivity index (χ1) is 14.8. The average Bonchev–Trinajstić information content (AvgIpc) is 3.06. The van der Waals surface area contributed by atoms with Crippen LogP contribution in [0, 0.1) is 5.92 Å². The number of fused-ring (bicyclic) bond motifs is 1. The van der Waals surface area contributed by atoms with Crippen LogP contribution in [0.2, 0.25) is 0 Å². The van der Waals surface area contributed by atoms with Gasteiger partial charge in [-0.15, -0.1) is 0 Å².